The molecule has 6 nitrogen and oxygen atoms in total. The Morgan fingerprint density at radius 3 is 0.915 bits per heavy atom. The Bertz CT molecular complexity index is 1410. The van der Waals surface area contributed by atoms with Crippen LogP contribution >= 0.6 is 0 Å². The molecule has 0 aliphatic carbocycles. The number of hydrogen-bond acceptors (Lipinski definition) is 6. The Balaban J connectivity index is 4.33. The lowest BCUT2D eigenvalue weighted by molar-refractivity contribution is -0.167. The van der Waals surface area contributed by atoms with Crippen LogP contribution in [0.2, 0.25) is 0 Å². The van der Waals surface area contributed by atoms with E-state index in [0.29, 0.717) is 19.3 Å². The highest BCUT2D eigenvalue weighted by molar-refractivity contribution is 5.71. The van der Waals surface area contributed by atoms with Crippen LogP contribution in [0.15, 0.2) is 97.2 Å². The zero-order valence-corrected chi connectivity index (χ0v) is 46.5. The Hall–Kier alpha value is -3.67. The minimum Gasteiger partial charge on any atom is -0.462 e. The normalized spacial score (nSPS) is 12.8. The first-order chi connectivity index (χ1) is 35.0. The van der Waals surface area contributed by atoms with Crippen molar-refractivity contribution < 1.29 is 28.6 Å². The fourth-order valence-electron chi connectivity index (χ4n) is 8.09. The lowest BCUT2D eigenvalue weighted by Gasteiger charge is -2.18. The zero-order valence-electron chi connectivity index (χ0n) is 46.5. The third kappa shape index (κ3) is 57.1. The standard InChI is InChI=1S/C65H110O6/c1-4-7-10-13-16-19-22-25-27-28-29-30-31-32-33-34-35-36-38-40-43-46-49-52-55-58-64(67)70-61-62(60-69-63(66)57-54-51-48-45-42-39-24-21-18-15-12-9-6-3)71-65(68)59-56-53-50-47-44-41-37-26-23-20-17-14-11-8-5-2/h8,11-12,15,17,20-22,24-26,28-29,31-32,37,62H,4-7,9-10,13-14,16,18-19,23,27,30,33-36,38-61H2,1-3H3/b11-8-,15-12-,20-17-,24-21-,25-22-,29-28-,32-31-,37-26-. The highest BCUT2D eigenvalue weighted by atomic mass is 16.6. The van der Waals surface area contributed by atoms with Crippen LogP contribution < -0.4 is 0 Å². The number of carbonyl (C=O) groups excluding carboxylic acids is 3. The topological polar surface area (TPSA) is 78.9 Å². The lowest BCUT2D eigenvalue weighted by Crippen LogP contribution is -2.30. The summed E-state index contributed by atoms with van der Waals surface area (Å²) in [5, 5.41) is 0. The Labute approximate surface area is 438 Å². The Kier molecular flexibility index (Phi) is 55.9. The van der Waals surface area contributed by atoms with Crippen molar-refractivity contribution in [3.8, 4) is 0 Å². The van der Waals surface area contributed by atoms with Crippen LogP contribution in [0.4, 0.5) is 0 Å². The van der Waals surface area contributed by atoms with Crippen molar-refractivity contribution in [2.75, 3.05) is 13.2 Å². The second-order valence-corrected chi connectivity index (χ2v) is 19.5. The molecular weight excluding hydrogens is 877 g/mol. The first-order valence-corrected chi connectivity index (χ1v) is 29.7. The second kappa shape index (κ2) is 58.9. The van der Waals surface area contributed by atoms with Gasteiger partial charge in [-0.05, 0) is 116 Å². The van der Waals surface area contributed by atoms with E-state index in [0.717, 1.165) is 141 Å². The summed E-state index contributed by atoms with van der Waals surface area (Å²) < 4.78 is 16.8. The van der Waals surface area contributed by atoms with E-state index in [2.05, 4.69) is 118 Å². The van der Waals surface area contributed by atoms with E-state index in [1.807, 2.05) is 0 Å². The molecule has 0 saturated carbocycles. The predicted octanol–water partition coefficient (Wildman–Crippen LogP) is 20.1. The summed E-state index contributed by atoms with van der Waals surface area (Å²) in [6.07, 6.45) is 78.3. The van der Waals surface area contributed by atoms with Crippen LogP contribution in [0.1, 0.15) is 278 Å². The SMILES string of the molecule is CC/C=C\C/C=C\C/C=C\CCCCCCCC(=O)OC(COC(=O)CCCCCCC/C=C\C/C=C\CCC)COC(=O)CCCCCCCCCCCC/C=C\C/C=C\C/C=C\CCCCCCC. The van der Waals surface area contributed by atoms with Crippen LogP contribution in [0.5, 0.6) is 0 Å². The van der Waals surface area contributed by atoms with Crippen LogP contribution in [0, 0.1) is 0 Å². The van der Waals surface area contributed by atoms with Gasteiger partial charge in [-0.3, -0.25) is 14.4 Å². The van der Waals surface area contributed by atoms with E-state index in [4.69, 9.17) is 14.2 Å². The molecule has 406 valence electrons. The van der Waals surface area contributed by atoms with Gasteiger partial charge in [0.2, 0.25) is 0 Å². The number of rotatable bonds is 53. The maximum Gasteiger partial charge on any atom is 0.306 e. The minimum atomic E-state index is -0.795. The van der Waals surface area contributed by atoms with Gasteiger partial charge in [0, 0.05) is 19.3 Å². The number of ether oxygens (including phenoxy) is 3. The van der Waals surface area contributed by atoms with E-state index >= 15 is 0 Å². The molecule has 0 heterocycles. The quantitative estimate of drug-likeness (QED) is 0.0261. The molecule has 0 radical (unpaired) electrons. The van der Waals surface area contributed by atoms with Crippen LogP contribution in [0.3, 0.4) is 0 Å². The third-order valence-corrected chi connectivity index (χ3v) is 12.5. The molecule has 0 spiro atoms. The van der Waals surface area contributed by atoms with E-state index in [1.54, 1.807) is 0 Å². The first kappa shape index (κ1) is 67.3. The summed E-state index contributed by atoms with van der Waals surface area (Å²) in [4.78, 5) is 38.2. The molecular formula is C65H110O6. The van der Waals surface area contributed by atoms with E-state index < -0.39 is 6.10 Å². The Morgan fingerprint density at radius 1 is 0.296 bits per heavy atom. The van der Waals surface area contributed by atoms with Crippen molar-refractivity contribution in [1.29, 1.82) is 0 Å². The van der Waals surface area contributed by atoms with E-state index in [-0.39, 0.29) is 31.1 Å². The summed E-state index contributed by atoms with van der Waals surface area (Å²) in [5.41, 5.74) is 0. The van der Waals surface area contributed by atoms with Gasteiger partial charge >= 0.3 is 17.9 Å². The smallest absolute Gasteiger partial charge is 0.306 e. The van der Waals surface area contributed by atoms with Gasteiger partial charge in [-0.15, -0.1) is 0 Å². The van der Waals surface area contributed by atoms with Gasteiger partial charge in [0.15, 0.2) is 6.10 Å². The molecule has 0 rings (SSSR count). The molecule has 0 saturated heterocycles. The maximum absolute atomic E-state index is 12.8. The van der Waals surface area contributed by atoms with Crippen molar-refractivity contribution in [1.82, 2.24) is 0 Å². The summed E-state index contributed by atoms with van der Waals surface area (Å²) in [6.45, 7) is 6.43. The predicted molar refractivity (Wildman–Crippen MR) is 307 cm³/mol. The highest BCUT2D eigenvalue weighted by Crippen LogP contribution is 2.15. The molecule has 0 bridgehead atoms. The van der Waals surface area contributed by atoms with E-state index in [9.17, 15) is 14.4 Å². The monoisotopic (exact) mass is 987 g/mol. The van der Waals surface area contributed by atoms with Gasteiger partial charge in [-0.2, -0.15) is 0 Å². The van der Waals surface area contributed by atoms with Crippen molar-refractivity contribution in [3.63, 3.8) is 0 Å². The molecule has 0 N–H and O–H groups in total. The largest absolute Gasteiger partial charge is 0.462 e. The van der Waals surface area contributed by atoms with Crippen molar-refractivity contribution in [3.05, 3.63) is 97.2 Å². The van der Waals surface area contributed by atoms with Crippen molar-refractivity contribution in [2.24, 2.45) is 0 Å². The summed E-state index contributed by atoms with van der Waals surface area (Å²) >= 11 is 0. The summed E-state index contributed by atoms with van der Waals surface area (Å²) in [5.74, 6) is -0.924. The van der Waals surface area contributed by atoms with Crippen LogP contribution in [-0.4, -0.2) is 37.2 Å². The zero-order chi connectivity index (χ0) is 51.4. The molecule has 1 unspecified atom stereocenters. The van der Waals surface area contributed by atoms with Crippen molar-refractivity contribution in [2.45, 2.75) is 284 Å². The molecule has 6 heteroatoms. The fraction of sp³-hybridized carbons (Fsp3) is 0.708. The number of hydrogen-bond donors (Lipinski definition) is 0. The number of carbonyl (C=O) groups is 3. The summed E-state index contributed by atoms with van der Waals surface area (Å²) in [6, 6.07) is 0. The lowest BCUT2D eigenvalue weighted by atomic mass is 10.1. The molecule has 0 aromatic rings. The van der Waals surface area contributed by atoms with Gasteiger partial charge in [0.05, 0.1) is 0 Å². The summed E-state index contributed by atoms with van der Waals surface area (Å²) in [7, 11) is 0. The molecule has 0 aromatic carbocycles. The van der Waals surface area contributed by atoms with Gasteiger partial charge in [0.25, 0.3) is 0 Å². The second-order valence-electron chi connectivity index (χ2n) is 19.5. The number of esters is 3. The maximum atomic E-state index is 12.8. The van der Waals surface area contributed by atoms with Gasteiger partial charge < -0.3 is 14.2 Å². The highest BCUT2D eigenvalue weighted by Gasteiger charge is 2.19. The average molecular weight is 988 g/mol. The molecule has 0 amide bonds. The molecule has 1 atom stereocenters. The first-order valence-electron chi connectivity index (χ1n) is 29.7. The van der Waals surface area contributed by atoms with E-state index in [1.165, 1.54) is 96.3 Å². The number of unbranched alkanes of at least 4 members (excludes halogenated alkanes) is 26. The molecule has 0 aromatic heterocycles. The average Bonchev–Trinajstić information content (AvgIpc) is 3.37. The molecule has 0 fully saturated rings. The van der Waals surface area contributed by atoms with Gasteiger partial charge in [0.1, 0.15) is 13.2 Å². The minimum absolute atomic E-state index is 0.0916. The molecule has 71 heavy (non-hydrogen) atoms. The van der Waals surface area contributed by atoms with Crippen LogP contribution in [0.25, 0.3) is 0 Å². The fourth-order valence-corrected chi connectivity index (χ4v) is 8.09. The van der Waals surface area contributed by atoms with Gasteiger partial charge in [-0.25, -0.2) is 0 Å². The number of allylic oxidation sites excluding steroid dienone is 16. The Morgan fingerprint density at radius 2 is 0.577 bits per heavy atom. The molecule has 0 aliphatic heterocycles. The third-order valence-electron chi connectivity index (χ3n) is 12.5. The van der Waals surface area contributed by atoms with Crippen LogP contribution in [-0.2, 0) is 28.6 Å². The molecule has 0 aliphatic rings. The van der Waals surface area contributed by atoms with Gasteiger partial charge in [-0.1, -0.05) is 240 Å². The van der Waals surface area contributed by atoms with Crippen molar-refractivity contribution >= 4 is 17.9 Å².